The Balaban J connectivity index is 1.46. The molecular formula is C25H31FN2O2. The standard InChI is InChI=1S/C25H31FN2O2/c1-3-28(25(30)18-20-6-4-19(2)5-7-20)23-12-15-27(16-13-23)17-14-24(29)21-8-10-22(26)11-9-21/h4-11,23H,3,12-18H2,1-2H3. The number of hydrogen-bond acceptors (Lipinski definition) is 3. The highest BCUT2D eigenvalue weighted by atomic mass is 19.1. The van der Waals surface area contributed by atoms with Gasteiger partial charge in [-0.1, -0.05) is 29.8 Å². The van der Waals surface area contributed by atoms with E-state index >= 15 is 0 Å². The molecule has 1 aliphatic heterocycles. The Labute approximate surface area is 178 Å². The highest BCUT2D eigenvalue weighted by Gasteiger charge is 2.27. The number of halogens is 1. The summed E-state index contributed by atoms with van der Waals surface area (Å²) in [6.07, 6.45) is 2.73. The molecule has 2 aromatic carbocycles. The van der Waals surface area contributed by atoms with Gasteiger partial charge >= 0.3 is 0 Å². The zero-order valence-electron chi connectivity index (χ0n) is 17.9. The Morgan fingerprint density at radius 2 is 1.67 bits per heavy atom. The van der Waals surface area contributed by atoms with Crippen molar-refractivity contribution in [3.63, 3.8) is 0 Å². The summed E-state index contributed by atoms with van der Waals surface area (Å²) in [5, 5.41) is 0. The van der Waals surface area contributed by atoms with E-state index in [-0.39, 0.29) is 23.5 Å². The molecule has 0 bridgehead atoms. The van der Waals surface area contributed by atoms with E-state index in [4.69, 9.17) is 0 Å². The Morgan fingerprint density at radius 1 is 1.03 bits per heavy atom. The lowest BCUT2D eigenvalue weighted by Crippen LogP contribution is -2.48. The number of aryl methyl sites for hydroxylation is 1. The third kappa shape index (κ3) is 5.99. The van der Waals surface area contributed by atoms with E-state index in [9.17, 15) is 14.0 Å². The minimum absolute atomic E-state index is 0.0422. The van der Waals surface area contributed by atoms with Gasteiger partial charge in [0.15, 0.2) is 5.78 Å². The van der Waals surface area contributed by atoms with Crippen LogP contribution in [0.15, 0.2) is 48.5 Å². The first-order valence-corrected chi connectivity index (χ1v) is 10.8. The lowest BCUT2D eigenvalue weighted by atomic mass is 10.0. The molecule has 0 saturated carbocycles. The van der Waals surface area contributed by atoms with Crippen molar-refractivity contribution in [1.82, 2.24) is 9.80 Å². The minimum atomic E-state index is -0.328. The number of benzene rings is 2. The number of hydrogen-bond donors (Lipinski definition) is 0. The number of piperidine rings is 1. The third-order valence-corrected chi connectivity index (χ3v) is 5.96. The van der Waals surface area contributed by atoms with E-state index in [1.165, 1.54) is 17.7 Å². The molecule has 4 nitrogen and oxygen atoms in total. The molecule has 2 aromatic rings. The maximum Gasteiger partial charge on any atom is 0.227 e. The van der Waals surface area contributed by atoms with Crippen LogP contribution in [-0.2, 0) is 11.2 Å². The Morgan fingerprint density at radius 3 is 2.27 bits per heavy atom. The Hall–Kier alpha value is -2.53. The average Bonchev–Trinajstić information content (AvgIpc) is 2.75. The molecule has 0 aromatic heterocycles. The van der Waals surface area contributed by atoms with E-state index in [0.717, 1.165) is 38.0 Å². The fourth-order valence-electron chi connectivity index (χ4n) is 4.11. The van der Waals surface area contributed by atoms with Gasteiger partial charge in [-0.25, -0.2) is 4.39 Å². The number of rotatable bonds is 8. The van der Waals surface area contributed by atoms with Gasteiger partial charge in [0.05, 0.1) is 6.42 Å². The summed E-state index contributed by atoms with van der Waals surface area (Å²) in [5.41, 5.74) is 2.81. The van der Waals surface area contributed by atoms with Crippen molar-refractivity contribution in [1.29, 1.82) is 0 Å². The van der Waals surface area contributed by atoms with Crippen LogP contribution in [0, 0.1) is 12.7 Å². The quantitative estimate of drug-likeness (QED) is 0.611. The summed E-state index contributed by atoms with van der Waals surface area (Å²) >= 11 is 0. The van der Waals surface area contributed by atoms with Crippen LogP contribution < -0.4 is 0 Å². The van der Waals surface area contributed by atoms with Crippen molar-refractivity contribution in [2.24, 2.45) is 0 Å². The lowest BCUT2D eigenvalue weighted by Gasteiger charge is -2.38. The molecule has 1 fully saturated rings. The zero-order valence-corrected chi connectivity index (χ0v) is 17.9. The summed E-state index contributed by atoms with van der Waals surface area (Å²) in [6, 6.07) is 14.2. The minimum Gasteiger partial charge on any atom is -0.340 e. The summed E-state index contributed by atoms with van der Waals surface area (Å²) in [6.45, 7) is 7.28. The summed E-state index contributed by atoms with van der Waals surface area (Å²) in [4.78, 5) is 29.4. The van der Waals surface area contributed by atoms with Crippen molar-refractivity contribution in [3.8, 4) is 0 Å². The van der Waals surface area contributed by atoms with Gasteiger partial charge in [-0.2, -0.15) is 0 Å². The summed E-state index contributed by atoms with van der Waals surface area (Å²) in [5.74, 6) is -0.0992. The van der Waals surface area contributed by atoms with Crippen LogP contribution in [0.4, 0.5) is 4.39 Å². The summed E-state index contributed by atoms with van der Waals surface area (Å²) in [7, 11) is 0. The molecule has 1 saturated heterocycles. The van der Waals surface area contributed by atoms with Crippen LogP contribution in [0.5, 0.6) is 0 Å². The molecule has 0 unspecified atom stereocenters. The Bertz CT molecular complexity index is 840. The zero-order chi connectivity index (χ0) is 21.5. The molecule has 0 radical (unpaired) electrons. The number of carbonyl (C=O) groups is 2. The maximum atomic E-state index is 13.0. The molecule has 0 N–H and O–H groups in total. The molecule has 3 rings (SSSR count). The van der Waals surface area contributed by atoms with Crippen LogP contribution in [0.3, 0.4) is 0 Å². The van der Waals surface area contributed by atoms with E-state index in [1.807, 2.05) is 43.0 Å². The highest BCUT2D eigenvalue weighted by molar-refractivity contribution is 5.96. The van der Waals surface area contributed by atoms with E-state index in [1.54, 1.807) is 12.1 Å². The number of likely N-dealkylation sites (tertiary alicyclic amines) is 1. The number of Topliss-reactive ketones (excluding diaryl/α,β-unsaturated/α-hetero) is 1. The average molecular weight is 411 g/mol. The van der Waals surface area contributed by atoms with Crippen molar-refractivity contribution in [3.05, 3.63) is 71.0 Å². The predicted octanol–water partition coefficient (Wildman–Crippen LogP) is 4.26. The van der Waals surface area contributed by atoms with Crippen LogP contribution in [0.1, 0.15) is 47.7 Å². The van der Waals surface area contributed by atoms with E-state index < -0.39 is 0 Å². The van der Waals surface area contributed by atoms with Gasteiger partial charge in [0.25, 0.3) is 0 Å². The SMILES string of the molecule is CCN(C(=O)Cc1ccc(C)cc1)C1CCN(CCC(=O)c2ccc(F)cc2)CC1. The second kappa shape index (κ2) is 10.5. The monoisotopic (exact) mass is 410 g/mol. The smallest absolute Gasteiger partial charge is 0.227 e. The number of amides is 1. The molecular weight excluding hydrogens is 379 g/mol. The van der Waals surface area contributed by atoms with Crippen LogP contribution in [0.25, 0.3) is 0 Å². The van der Waals surface area contributed by atoms with Crippen molar-refractivity contribution >= 4 is 11.7 Å². The van der Waals surface area contributed by atoms with Gasteiger partial charge in [-0.05, 0) is 56.5 Å². The van der Waals surface area contributed by atoms with Crippen molar-refractivity contribution < 1.29 is 14.0 Å². The van der Waals surface area contributed by atoms with Crippen LogP contribution in [-0.4, -0.2) is 53.7 Å². The molecule has 0 aliphatic carbocycles. The maximum absolute atomic E-state index is 13.0. The van der Waals surface area contributed by atoms with E-state index in [2.05, 4.69) is 4.90 Å². The largest absolute Gasteiger partial charge is 0.340 e. The van der Waals surface area contributed by atoms with E-state index in [0.29, 0.717) is 24.9 Å². The van der Waals surface area contributed by atoms with Gasteiger partial charge in [0.1, 0.15) is 5.82 Å². The van der Waals surface area contributed by atoms with Gasteiger partial charge in [-0.3, -0.25) is 9.59 Å². The molecule has 30 heavy (non-hydrogen) atoms. The fourth-order valence-corrected chi connectivity index (χ4v) is 4.11. The Kier molecular flexibility index (Phi) is 7.75. The fraction of sp³-hybridized carbons (Fsp3) is 0.440. The molecule has 1 aliphatic rings. The molecule has 160 valence electrons. The topological polar surface area (TPSA) is 40.6 Å². The normalized spacial score (nSPS) is 15.2. The van der Waals surface area contributed by atoms with Crippen molar-refractivity contribution in [2.75, 3.05) is 26.2 Å². The molecule has 5 heteroatoms. The predicted molar refractivity (Wildman–Crippen MR) is 117 cm³/mol. The molecule has 1 amide bonds. The molecule has 1 heterocycles. The van der Waals surface area contributed by atoms with Gasteiger partial charge in [-0.15, -0.1) is 0 Å². The van der Waals surface area contributed by atoms with Gasteiger partial charge in [0, 0.05) is 44.2 Å². The number of ketones is 1. The molecule has 0 spiro atoms. The summed E-state index contributed by atoms with van der Waals surface area (Å²) < 4.78 is 13.0. The number of nitrogens with zero attached hydrogens (tertiary/aromatic N) is 2. The first kappa shape index (κ1) is 22.2. The highest BCUT2D eigenvalue weighted by Crippen LogP contribution is 2.19. The first-order valence-electron chi connectivity index (χ1n) is 10.8. The second-order valence-corrected chi connectivity index (χ2v) is 8.10. The van der Waals surface area contributed by atoms with Gasteiger partial charge < -0.3 is 9.80 Å². The number of likely N-dealkylation sites (N-methyl/N-ethyl adjacent to an activating group) is 1. The lowest BCUT2D eigenvalue weighted by molar-refractivity contribution is -0.133. The van der Waals surface area contributed by atoms with Crippen LogP contribution >= 0.6 is 0 Å². The van der Waals surface area contributed by atoms with Crippen LogP contribution in [0.2, 0.25) is 0 Å². The van der Waals surface area contributed by atoms with Gasteiger partial charge in [0.2, 0.25) is 5.91 Å². The first-order chi connectivity index (χ1) is 14.5. The number of carbonyl (C=O) groups excluding carboxylic acids is 2. The molecule has 0 atom stereocenters. The van der Waals surface area contributed by atoms with Crippen molar-refractivity contribution in [2.45, 2.75) is 45.6 Å². The second-order valence-electron chi connectivity index (χ2n) is 8.10. The third-order valence-electron chi connectivity index (χ3n) is 5.96.